The molecule has 94 valence electrons. The fourth-order valence-corrected chi connectivity index (χ4v) is 2.93. The van der Waals surface area contributed by atoms with Gasteiger partial charge in [0.25, 0.3) is 5.91 Å². The fourth-order valence-electron chi connectivity index (χ4n) is 2.36. The van der Waals surface area contributed by atoms with Crippen molar-refractivity contribution in [2.75, 3.05) is 6.54 Å². The highest BCUT2D eigenvalue weighted by molar-refractivity contribution is 7.11. The molecule has 0 unspecified atom stereocenters. The summed E-state index contributed by atoms with van der Waals surface area (Å²) in [5.41, 5.74) is 2.72. The van der Waals surface area contributed by atoms with Gasteiger partial charge >= 0.3 is 0 Å². The molecule has 1 N–H and O–H groups in total. The number of aryl methyl sites for hydroxylation is 1. The summed E-state index contributed by atoms with van der Waals surface area (Å²) in [6.07, 6.45) is 5.44. The van der Waals surface area contributed by atoms with Crippen molar-refractivity contribution in [1.29, 1.82) is 0 Å². The van der Waals surface area contributed by atoms with Gasteiger partial charge < -0.3 is 9.88 Å². The minimum absolute atomic E-state index is 0.0639. The SMILES string of the molecule is Cc1cnc([C@H]2CCCN2C(=O)c2cncs2)[nH]1. The number of hydrogen-bond donors (Lipinski definition) is 1. The molecule has 1 aliphatic heterocycles. The topological polar surface area (TPSA) is 61.9 Å². The maximum atomic E-state index is 12.4. The summed E-state index contributed by atoms with van der Waals surface area (Å²) in [5, 5.41) is 0. The van der Waals surface area contributed by atoms with E-state index in [1.165, 1.54) is 11.3 Å². The standard InChI is InChI=1S/C12H14N4OS/c1-8-5-14-11(15-8)9-3-2-4-16(9)12(17)10-6-13-7-18-10/h5-7,9H,2-4H2,1H3,(H,14,15)/t9-/m1/s1. The van der Waals surface area contributed by atoms with Crippen LogP contribution in [-0.4, -0.2) is 32.3 Å². The summed E-state index contributed by atoms with van der Waals surface area (Å²) in [6.45, 7) is 2.77. The van der Waals surface area contributed by atoms with Crippen LogP contribution in [0, 0.1) is 6.92 Å². The Kier molecular flexibility index (Phi) is 2.87. The van der Waals surface area contributed by atoms with Crippen molar-refractivity contribution in [3.05, 3.63) is 34.3 Å². The molecule has 1 fully saturated rings. The van der Waals surface area contributed by atoms with E-state index >= 15 is 0 Å². The molecule has 0 spiro atoms. The van der Waals surface area contributed by atoms with Gasteiger partial charge in [-0.05, 0) is 19.8 Å². The molecule has 0 aromatic carbocycles. The zero-order valence-corrected chi connectivity index (χ0v) is 10.9. The molecular formula is C12H14N4OS. The first-order valence-electron chi connectivity index (χ1n) is 5.96. The number of imidazole rings is 1. The summed E-state index contributed by atoms with van der Waals surface area (Å²) >= 11 is 1.39. The van der Waals surface area contributed by atoms with Gasteiger partial charge in [-0.1, -0.05) is 0 Å². The first kappa shape index (κ1) is 11.4. The Bertz CT molecular complexity index is 548. The summed E-state index contributed by atoms with van der Waals surface area (Å²) in [6, 6.07) is 0.0771. The number of rotatable bonds is 2. The molecule has 5 nitrogen and oxygen atoms in total. The molecule has 1 saturated heterocycles. The van der Waals surface area contributed by atoms with E-state index in [0.29, 0.717) is 4.88 Å². The Hall–Kier alpha value is -1.69. The van der Waals surface area contributed by atoms with Crippen LogP contribution in [0.3, 0.4) is 0 Å². The average molecular weight is 262 g/mol. The Morgan fingerprint density at radius 2 is 2.44 bits per heavy atom. The van der Waals surface area contributed by atoms with Gasteiger partial charge in [0.15, 0.2) is 0 Å². The van der Waals surface area contributed by atoms with Crippen molar-refractivity contribution in [3.8, 4) is 0 Å². The van der Waals surface area contributed by atoms with Crippen molar-refractivity contribution in [2.24, 2.45) is 0 Å². The molecule has 3 heterocycles. The summed E-state index contributed by atoms with van der Waals surface area (Å²) in [5.74, 6) is 0.955. The normalized spacial score (nSPS) is 19.4. The van der Waals surface area contributed by atoms with E-state index in [0.717, 1.165) is 30.9 Å². The maximum absolute atomic E-state index is 12.4. The van der Waals surface area contributed by atoms with Crippen molar-refractivity contribution in [3.63, 3.8) is 0 Å². The second-order valence-electron chi connectivity index (χ2n) is 4.47. The highest BCUT2D eigenvalue weighted by Crippen LogP contribution is 2.31. The van der Waals surface area contributed by atoms with Gasteiger partial charge in [-0.25, -0.2) is 4.98 Å². The molecule has 18 heavy (non-hydrogen) atoms. The quantitative estimate of drug-likeness (QED) is 0.902. The number of nitrogens with zero attached hydrogens (tertiary/aromatic N) is 3. The van der Waals surface area contributed by atoms with Crippen molar-refractivity contribution >= 4 is 17.2 Å². The zero-order chi connectivity index (χ0) is 12.5. The molecule has 0 radical (unpaired) electrons. The summed E-state index contributed by atoms with van der Waals surface area (Å²) in [4.78, 5) is 26.5. The van der Waals surface area contributed by atoms with Gasteiger partial charge in [0.05, 0.1) is 17.7 Å². The third kappa shape index (κ3) is 1.92. The lowest BCUT2D eigenvalue weighted by molar-refractivity contribution is 0.0735. The van der Waals surface area contributed by atoms with Crippen LogP contribution in [0.25, 0.3) is 0 Å². The fraction of sp³-hybridized carbons (Fsp3) is 0.417. The largest absolute Gasteiger partial charge is 0.344 e. The molecule has 0 bridgehead atoms. The van der Waals surface area contributed by atoms with Crippen LogP contribution < -0.4 is 0 Å². The zero-order valence-electron chi connectivity index (χ0n) is 10.1. The highest BCUT2D eigenvalue weighted by atomic mass is 32.1. The number of H-pyrrole nitrogens is 1. The Morgan fingerprint density at radius 1 is 1.56 bits per heavy atom. The number of aromatic nitrogens is 3. The Balaban J connectivity index is 1.85. The first-order chi connectivity index (χ1) is 8.75. The Labute approximate surface area is 109 Å². The number of aromatic amines is 1. The van der Waals surface area contributed by atoms with Gasteiger partial charge in [0.1, 0.15) is 10.7 Å². The van der Waals surface area contributed by atoms with E-state index in [1.807, 2.05) is 18.0 Å². The highest BCUT2D eigenvalue weighted by Gasteiger charge is 2.32. The van der Waals surface area contributed by atoms with Crippen LogP contribution in [-0.2, 0) is 0 Å². The monoisotopic (exact) mass is 262 g/mol. The van der Waals surface area contributed by atoms with Crippen molar-refractivity contribution < 1.29 is 4.79 Å². The number of carbonyl (C=O) groups is 1. The second kappa shape index (κ2) is 4.53. The molecule has 3 rings (SSSR count). The molecule has 1 amide bonds. The number of amides is 1. The van der Waals surface area contributed by atoms with Gasteiger partial charge in [0.2, 0.25) is 0 Å². The third-order valence-electron chi connectivity index (χ3n) is 3.19. The van der Waals surface area contributed by atoms with Crippen LogP contribution in [0.5, 0.6) is 0 Å². The number of carbonyl (C=O) groups excluding carboxylic acids is 1. The van der Waals surface area contributed by atoms with E-state index in [4.69, 9.17) is 0 Å². The van der Waals surface area contributed by atoms with Gasteiger partial charge in [-0.3, -0.25) is 9.78 Å². The number of nitrogens with one attached hydrogen (secondary N) is 1. The summed E-state index contributed by atoms with van der Waals surface area (Å²) < 4.78 is 0. The predicted molar refractivity (Wildman–Crippen MR) is 68.5 cm³/mol. The van der Waals surface area contributed by atoms with Crippen LogP contribution in [0.15, 0.2) is 17.9 Å². The molecule has 2 aromatic heterocycles. The number of thiazole rings is 1. The van der Waals surface area contributed by atoms with Crippen LogP contribution >= 0.6 is 11.3 Å². The van der Waals surface area contributed by atoms with Gasteiger partial charge in [0, 0.05) is 18.4 Å². The van der Waals surface area contributed by atoms with E-state index in [-0.39, 0.29) is 11.9 Å². The average Bonchev–Trinajstić information content (AvgIpc) is 3.09. The summed E-state index contributed by atoms with van der Waals surface area (Å²) in [7, 11) is 0. The molecule has 0 aliphatic carbocycles. The third-order valence-corrected chi connectivity index (χ3v) is 3.96. The smallest absolute Gasteiger partial charge is 0.266 e. The second-order valence-corrected chi connectivity index (χ2v) is 5.36. The van der Waals surface area contributed by atoms with Crippen LogP contribution in [0.4, 0.5) is 0 Å². The molecule has 2 aromatic rings. The first-order valence-corrected chi connectivity index (χ1v) is 6.84. The Morgan fingerprint density at radius 3 is 3.11 bits per heavy atom. The molecule has 1 atom stereocenters. The van der Waals surface area contributed by atoms with Crippen LogP contribution in [0.1, 0.15) is 40.1 Å². The van der Waals surface area contributed by atoms with E-state index < -0.39 is 0 Å². The van der Waals surface area contributed by atoms with Gasteiger partial charge in [-0.2, -0.15) is 0 Å². The number of likely N-dealkylation sites (tertiary alicyclic amines) is 1. The predicted octanol–water partition coefficient (Wildman–Crippen LogP) is 2.15. The van der Waals surface area contributed by atoms with E-state index in [9.17, 15) is 4.79 Å². The lowest BCUT2D eigenvalue weighted by Gasteiger charge is -2.22. The van der Waals surface area contributed by atoms with E-state index in [2.05, 4.69) is 15.0 Å². The van der Waals surface area contributed by atoms with Crippen molar-refractivity contribution in [2.45, 2.75) is 25.8 Å². The molecular weight excluding hydrogens is 248 g/mol. The molecule has 6 heteroatoms. The number of hydrogen-bond acceptors (Lipinski definition) is 4. The molecule has 0 saturated carbocycles. The lowest BCUT2D eigenvalue weighted by atomic mass is 10.2. The lowest BCUT2D eigenvalue weighted by Crippen LogP contribution is -2.30. The van der Waals surface area contributed by atoms with Gasteiger partial charge in [-0.15, -0.1) is 11.3 Å². The van der Waals surface area contributed by atoms with Crippen LogP contribution in [0.2, 0.25) is 0 Å². The minimum atomic E-state index is 0.0639. The molecule has 1 aliphatic rings. The maximum Gasteiger partial charge on any atom is 0.266 e. The van der Waals surface area contributed by atoms with E-state index in [1.54, 1.807) is 11.7 Å². The van der Waals surface area contributed by atoms with Crippen molar-refractivity contribution in [1.82, 2.24) is 19.9 Å². The minimum Gasteiger partial charge on any atom is -0.344 e.